The minimum absolute atomic E-state index is 0.0602. The van der Waals surface area contributed by atoms with Crippen LogP contribution in [0.15, 0.2) is 23.1 Å². The van der Waals surface area contributed by atoms with Gasteiger partial charge in [-0.05, 0) is 25.1 Å². The number of nitrogens with zero attached hydrogens (tertiary/aromatic N) is 1. The first-order valence-electron chi connectivity index (χ1n) is 6.75. The lowest BCUT2D eigenvalue weighted by atomic mass is 10.3. The molecular weight excluding hydrogens is 330 g/mol. The summed E-state index contributed by atoms with van der Waals surface area (Å²) in [5.74, 6) is -0.622. The molecule has 0 aromatic heterocycles. The Hall–Kier alpha value is -1.35. The zero-order valence-corrected chi connectivity index (χ0v) is 13.7. The van der Waals surface area contributed by atoms with E-state index >= 15 is 0 Å². The second-order valence-corrected chi connectivity index (χ2v) is 7.31. The molecule has 9 heteroatoms. The van der Waals surface area contributed by atoms with Gasteiger partial charge in [0.15, 0.2) is 6.61 Å². The number of halogens is 1. The lowest BCUT2D eigenvalue weighted by molar-refractivity contribution is -0.120. The predicted octanol–water partition coefficient (Wildman–Crippen LogP) is 0.187. The number of hydrogen-bond acceptors (Lipinski definition) is 5. The molecule has 0 aliphatic carbocycles. The summed E-state index contributed by atoms with van der Waals surface area (Å²) in [4.78, 5) is 10.8. The van der Waals surface area contributed by atoms with Crippen molar-refractivity contribution in [2.24, 2.45) is 5.73 Å². The van der Waals surface area contributed by atoms with Crippen molar-refractivity contribution in [2.75, 3.05) is 26.2 Å². The van der Waals surface area contributed by atoms with Crippen LogP contribution in [0.4, 0.5) is 0 Å². The molecule has 0 bridgehead atoms. The lowest BCUT2D eigenvalue weighted by Gasteiger charge is -2.33. The summed E-state index contributed by atoms with van der Waals surface area (Å²) in [6.45, 7) is 2.91. The van der Waals surface area contributed by atoms with Crippen LogP contribution in [0.3, 0.4) is 0 Å². The van der Waals surface area contributed by atoms with E-state index in [1.165, 1.54) is 22.5 Å². The molecule has 0 spiro atoms. The molecule has 1 atom stereocenters. The van der Waals surface area contributed by atoms with Gasteiger partial charge in [-0.3, -0.25) is 4.79 Å². The first-order valence-corrected chi connectivity index (χ1v) is 8.57. The zero-order valence-electron chi connectivity index (χ0n) is 12.1. The van der Waals surface area contributed by atoms with E-state index in [1.54, 1.807) is 0 Å². The SMILES string of the molecule is CC1CNCCN1S(=O)(=O)c1cc(Cl)ccc1OCC(N)=O. The second kappa shape index (κ2) is 6.82. The molecule has 22 heavy (non-hydrogen) atoms. The molecule has 1 aliphatic heterocycles. The Balaban J connectivity index is 2.40. The van der Waals surface area contributed by atoms with E-state index in [0.29, 0.717) is 19.6 Å². The van der Waals surface area contributed by atoms with Crippen LogP contribution >= 0.6 is 11.6 Å². The minimum atomic E-state index is -3.78. The van der Waals surface area contributed by atoms with Gasteiger partial charge in [0, 0.05) is 30.7 Å². The number of rotatable bonds is 5. The van der Waals surface area contributed by atoms with Gasteiger partial charge in [0.25, 0.3) is 5.91 Å². The third kappa shape index (κ3) is 3.70. The standard InChI is InChI=1S/C13H18ClN3O4S/c1-9-7-16-4-5-17(9)22(19,20)12-6-10(14)2-3-11(12)21-8-13(15)18/h2-3,6,9,16H,4-5,7-8H2,1H3,(H2,15,18). The molecule has 1 heterocycles. The van der Waals surface area contributed by atoms with Gasteiger partial charge in [-0.2, -0.15) is 4.31 Å². The van der Waals surface area contributed by atoms with Crippen molar-refractivity contribution in [3.05, 3.63) is 23.2 Å². The number of benzene rings is 1. The van der Waals surface area contributed by atoms with Crippen molar-refractivity contribution in [3.63, 3.8) is 0 Å². The highest BCUT2D eigenvalue weighted by atomic mass is 35.5. The first-order chi connectivity index (χ1) is 10.3. The number of piperazine rings is 1. The van der Waals surface area contributed by atoms with E-state index < -0.39 is 22.5 Å². The maximum absolute atomic E-state index is 12.9. The van der Waals surface area contributed by atoms with Crippen LogP contribution in [0.1, 0.15) is 6.92 Å². The number of carbonyl (C=O) groups is 1. The van der Waals surface area contributed by atoms with Crippen LogP contribution in [0, 0.1) is 0 Å². The third-order valence-electron chi connectivity index (χ3n) is 3.30. The van der Waals surface area contributed by atoms with Crippen molar-refractivity contribution < 1.29 is 17.9 Å². The van der Waals surface area contributed by atoms with Gasteiger partial charge in [0.2, 0.25) is 10.0 Å². The minimum Gasteiger partial charge on any atom is -0.482 e. The Bertz CT molecular complexity index is 665. The molecule has 7 nitrogen and oxygen atoms in total. The number of ether oxygens (including phenoxy) is 1. The van der Waals surface area contributed by atoms with Crippen LogP contribution in [-0.4, -0.2) is 50.9 Å². The van der Waals surface area contributed by atoms with Gasteiger partial charge in [-0.25, -0.2) is 8.42 Å². The molecule has 1 fully saturated rings. The molecule has 0 radical (unpaired) electrons. The summed E-state index contributed by atoms with van der Waals surface area (Å²) in [6, 6.07) is 4.05. The molecule has 1 aromatic rings. The molecule has 3 N–H and O–H groups in total. The summed E-state index contributed by atoms with van der Waals surface area (Å²) >= 11 is 5.92. The fourth-order valence-corrected chi connectivity index (χ4v) is 4.28. The van der Waals surface area contributed by atoms with Gasteiger partial charge in [0.1, 0.15) is 10.6 Å². The van der Waals surface area contributed by atoms with E-state index in [9.17, 15) is 13.2 Å². The van der Waals surface area contributed by atoms with E-state index in [2.05, 4.69) is 5.32 Å². The predicted molar refractivity (Wildman–Crippen MR) is 82.4 cm³/mol. The number of amides is 1. The van der Waals surface area contributed by atoms with E-state index in [4.69, 9.17) is 22.1 Å². The van der Waals surface area contributed by atoms with Gasteiger partial charge in [-0.15, -0.1) is 0 Å². The average molecular weight is 348 g/mol. The van der Waals surface area contributed by atoms with Crippen LogP contribution in [0.2, 0.25) is 5.02 Å². The Morgan fingerprint density at radius 1 is 1.55 bits per heavy atom. The second-order valence-electron chi connectivity index (χ2n) is 5.01. The fraction of sp³-hybridized carbons (Fsp3) is 0.462. The molecule has 0 saturated carbocycles. The summed E-state index contributed by atoms with van der Waals surface area (Å²) < 4.78 is 32.3. The normalized spacial score (nSPS) is 19.8. The van der Waals surface area contributed by atoms with Gasteiger partial charge in [-0.1, -0.05) is 11.6 Å². The van der Waals surface area contributed by atoms with Crippen LogP contribution < -0.4 is 15.8 Å². The Labute approximate surface area is 134 Å². The number of primary amides is 1. The van der Waals surface area contributed by atoms with E-state index in [1.807, 2.05) is 6.92 Å². The maximum atomic E-state index is 12.9. The van der Waals surface area contributed by atoms with E-state index in [0.717, 1.165) is 0 Å². The summed E-state index contributed by atoms with van der Waals surface area (Å²) in [5, 5.41) is 3.40. The van der Waals surface area contributed by atoms with Gasteiger partial charge >= 0.3 is 0 Å². The van der Waals surface area contributed by atoms with Crippen LogP contribution in [-0.2, 0) is 14.8 Å². The zero-order chi connectivity index (χ0) is 16.3. The molecule has 1 unspecified atom stereocenters. The first kappa shape index (κ1) is 17.0. The molecule has 122 valence electrons. The number of nitrogens with one attached hydrogen (secondary N) is 1. The summed E-state index contributed by atoms with van der Waals surface area (Å²) in [7, 11) is -3.78. The smallest absolute Gasteiger partial charge is 0.255 e. The van der Waals surface area contributed by atoms with Gasteiger partial charge < -0.3 is 15.8 Å². The quantitative estimate of drug-likeness (QED) is 0.791. The van der Waals surface area contributed by atoms with E-state index in [-0.39, 0.29) is 21.7 Å². The Morgan fingerprint density at radius 3 is 2.91 bits per heavy atom. The maximum Gasteiger partial charge on any atom is 0.255 e. The van der Waals surface area contributed by atoms with Crippen molar-refractivity contribution in [1.82, 2.24) is 9.62 Å². The summed E-state index contributed by atoms with van der Waals surface area (Å²) in [6.07, 6.45) is 0. The largest absolute Gasteiger partial charge is 0.482 e. The summed E-state index contributed by atoms with van der Waals surface area (Å²) in [5.41, 5.74) is 5.04. The van der Waals surface area contributed by atoms with Crippen LogP contribution in [0.25, 0.3) is 0 Å². The Morgan fingerprint density at radius 2 is 2.27 bits per heavy atom. The lowest BCUT2D eigenvalue weighted by Crippen LogP contribution is -2.52. The average Bonchev–Trinajstić information content (AvgIpc) is 2.46. The third-order valence-corrected chi connectivity index (χ3v) is 5.57. The van der Waals surface area contributed by atoms with Crippen molar-refractivity contribution in [3.8, 4) is 5.75 Å². The molecule has 2 rings (SSSR count). The van der Waals surface area contributed by atoms with Crippen molar-refractivity contribution in [2.45, 2.75) is 17.9 Å². The number of hydrogen-bond donors (Lipinski definition) is 2. The van der Waals surface area contributed by atoms with Gasteiger partial charge in [0.05, 0.1) is 0 Å². The topological polar surface area (TPSA) is 102 Å². The highest BCUT2D eigenvalue weighted by Gasteiger charge is 2.33. The van der Waals surface area contributed by atoms with Crippen molar-refractivity contribution >= 4 is 27.5 Å². The molecule has 1 aliphatic rings. The number of sulfonamides is 1. The van der Waals surface area contributed by atoms with Crippen molar-refractivity contribution in [1.29, 1.82) is 0 Å². The molecule has 1 amide bonds. The monoisotopic (exact) mass is 347 g/mol. The fourth-order valence-electron chi connectivity index (χ4n) is 2.26. The molecule has 1 aromatic carbocycles. The number of nitrogens with two attached hydrogens (primary N) is 1. The highest BCUT2D eigenvalue weighted by Crippen LogP contribution is 2.31. The number of carbonyl (C=O) groups excluding carboxylic acids is 1. The molecular formula is C13H18ClN3O4S. The van der Waals surface area contributed by atoms with Crippen LogP contribution in [0.5, 0.6) is 5.75 Å². The highest BCUT2D eigenvalue weighted by molar-refractivity contribution is 7.89. The Kier molecular flexibility index (Phi) is 5.28. The molecule has 1 saturated heterocycles.